The van der Waals surface area contributed by atoms with E-state index >= 15 is 0 Å². The van der Waals surface area contributed by atoms with Gasteiger partial charge in [0.25, 0.3) is 0 Å². The summed E-state index contributed by atoms with van der Waals surface area (Å²) in [7, 11) is 0. The van der Waals surface area contributed by atoms with Crippen molar-refractivity contribution in [1.82, 2.24) is 20.2 Å². The third-order valence-corrected chi connectivity index (χ3v) is 2.71. The zero-order valence-corrected chi connectivity index (χ0v) is 10.4. The number of aromatic amines is 1. The van der Waals surface area contributed by atoms with E-state index in [1.54, 1.807) is 24.8 Å². The first kappa shape index (κ1) is 11.4. The van der Waals surface area contributed by atoms with Gasteiger partial charge in [-0.3, -0.25) is 15.1 Å². The molecule has 0 fully saturated rings. The number of aromatic nitrogens is 4. The zero-order chi connectivity index (χ0) is 13.1. The molecule has 5 nitrogen and oxygen atoms in total. The smallest absolute Gasteiger partial charge is 0.148 e. The Hall–Kier alpha value is -2.69. The van der Waals surface area contributed by atoms with E-state index in [2.05, 4.69) is 20.2 Å². The van der Waals surface area contributed by atoms with E-state index in [9.17, 15) is 0 Å². The second-order valence-electron chi connectivity index (χ2n) is 4.05. The van der Waals surface area contributed by atoms with Crippen molar-refractivity contribution in [1.29, 1.82) is 0 Å². The molecule has 0 unspecified atom stereocenters. The molecule has 5 heteroatoms. The molecule has 0 bridgehead atoms. The molecular weight excluding hydrogens is 240 g/mol. The van der Waals surface area contributed by atoms with Gasteiger partial charge in [0.1, 0.15) is 11.5 Å². The van der Waals surface area contributed by atoms with Crippen molar-refractivity contribution in [3.05, 3.63) is 54.7 Å². The lowest BCUT2D eigenvalue weighted by molar-refractivity contribution is 0.475. The minimum absolute atomic E-state index is 0.724. The van der Waals surface area contributed by atoms with Crippen LogP contribution in [0, 0.1) is 6.92 Å². The molecule has 0 aliphatic carbocycles. The minimum Gasteiger partial charge on any atom is -0.455 e. The van der Waals surface area contributed by atoms with Crippen LogP contribution in [-0.4, -0.2) is 20.2 Å². The molecule has 0 amide bonds. The summed E-state index contributed by atoms with van der Waals surface area (Å²) in [4.78, 5) is 8.48. The summed E-state index contributed by atoms with van der Waals surface area (Å²) in [6.07, 6.45) is 6.97. The van der Waals surface area contributed by atoms with Gasteiger partial charge in [-0.15, -0.1) is 0 Å². The predicted octanol–water partition coefficient (Wildman–Crippen LogP) is 2.97. The molecule has 0 aliphatic heterocycles. The Balaban J connectivity index is 1.90. The van der Waals surface area contributed by atoms with Crippen LogP contribution in [0.15, 0.2) is 49.1 Å². The van der Waals surface area contributed by atoms with Crippen molar-refractivity contribution in [2.45, 2.75) is 6.92 Å². The van der Waals surface area contributed by atoms with E-state index in [4.69, 9.17) is 4.74 Å². The standard InChI is InChI=1S/C14H12N4O/c1-10-14(3-2-5-15-10)19-12-4-6-16-13(7-12)11-8-17-18-9-11/h2-9H,1H3,(H,17,18). The van der Waals surface area contributed by atoms with Crippen molar-refractivity contribution >= 4 is 0 Å². The highest BCUT2D eigenvalue weighted by molar-refractivity contribution is 5.58. The summed E-state index contributed by atoms with van der Waals surface area (Å²) >= 11 is 0. The highest BCUT2D eigenvalue weighted by atomic mass is 16.5. The van der Waals surface area contributed by atoms with Crippen molar-refractivity contribution in [2.24, 2.45) is 0 Å². The summed E-state index contributed by atoms with van der Waals surface area (Å²) in [6.45, 7) is 1.91. The number of hydrogen-bond acceptors (Lipinski definition) is 4. The van der Waals surface area contributed by atoms with Crippen molar-refractivity contribution in [2.75, 3.05) is 0 Å². The maximum absolute atomic E-state index is 5.81. The number of hydrogen-bond donors (Lipinski definition) is 1. The Morgan fingerprint density at radius 1 is 1.16 bits per heavy atom. The quantitative estimate of drug-likeness (QED) is 0.778. The maximum atomic E-state index is 5.81. The highest BCUT2D eigenvalue weighted by Gasteiger charge is 2.05. The van der Waals surface area contributed by atoms with Crippen LogP contribution < -0.4 is 4.74 Å². The van der Waals surface area contributed by atoms with Gasteiger partial charge in [0, 0.05) is 30.2 Å². The van der Waals surface area contributed by atoms with Gasteiger partial charge in [-0.2, -0.15) is 5.10 Å². The molecule has 0 saturated heterocycles. The van der Waals surface area contributed by atoms with E-state index in [0.29, 0.717) is 0 Å². The molecule has 0 aromatic carbocycles. The first-order valence-electron chi connectivity index (χ1n) is 5.87. The normalized spacial score (nSPS) is 10.4. The third kappa shape index (κ3) is 2.44. The maximum Gasteiger partial charge on any atom is 0.148 e. The number of nitrogens with zero attached hydrogens (tertiary/aromatic N) is 3. The lowest BCUT2D eigenvalue weighted by Gasteiger charge is -2.08. The van der Waals surface area contributed by atoms with Gasteiger partial charge in [0.2, 0.25) is 0 Å². The number of nitrogens with one attached hydrogen (secondary N) is 1. The fourth-order valence-corrected chi connectivity index (χ4v) is 1.73. The van der Waals surface area contributed by atoms with Crippen molar-refractivity contribution in [3.63, 3.8) is 0 Å². The second kappa shape index (κ2) is 4.89. The van der Waals surface area contributed by atoms with E-state index in [1.165, 1.54) is 0 Å². The molecule has 94 valence electrons. The molecule has 3 aromatic rings. The van der Waals surface area contributed by atoms with Gasteiger partial charge >= 0.3 is 0 Å². The molecule has 0 saturated carbocycles. The van der Waals surface area contributed by atoms with Gasteiger partial charge in [-0.1, -0.05) is 0 Å². The van der Waals surface area contributed by atoms with Gasteiger partial charge in [-0.05, 0) is 25.1 Å². The van der Waals surface area contributed by atoms with Crippen LogP contribution in [0.2, 0.25) is 0 Å². The average molecular weight is 252 g/mol. The molecule has 19 heavy (non-hydrogen) atoms. The largest absolute Gasteiger partial charge is 0.455 e. The summed E-state index contributed by atoms with van der Waals surface area (Å²) in [5, 5.41) is 6.68. The van der Waals surface area contributed by atoms with Crippen LogP contribution in [0.1, 0.15) is 5.69 Å². The molecular formula is C14H12N4O. The molecule has 0 aliphatic rings. The topological polar surface area (TPSA) is 63.7 Å². The summed E-state index contributed by atoms with van der Waals surface area (Å²) < 4.78 is 5.81. The molecule has 0 radical (unpaired) electrons. The number of H-pyrrole nitrogens is 1. The van der Waals surface area contributed by atoms with Gasteiger partial charge < -0.3 is 4.74 Å². The Kier molecular flexibility index (Phi) is 2.94. The van der Waals surface area contributed by atoms with Crippen LogP contribution >= 0.6 is 0 Å². The van der Waals surface area contributed by atoms with Crippen molar-refractivity contribution in [3.8, 4) is 22.8 Å². The van der Waals surface area contributed by atoms with Crippen LogP contribution in [0.25, 0.3) is 11.3 Å². The van der Waals surface area contributed by atoms with Crippen molar-refractivity contribution < 1.29 is 4.74 Å². The van der Waals surface area contributed by atoms with Gasteiger partial charge in [0.05, 0.1) is 17.6 Å². The SMILES string of the molecule is Cc1ncccc1Oc1ccnc(-c2cn[nH]c2)c1. The fourth-order valence-electron chi connectivity index (χ4n) is 1.73. The molecule has 3 rings (SSSR count). The lowest BCUT2D eigenvalue weighted by Crippen LogP contribution is -1.90. The monoisotopic (exact) mass is 252 g/mol. The van der Waals surface area contributed by atoms with E-state index in [1.807, 2.05) is 31.2 Å². The zero-order valence-electron chi connectivity index (χ0n) is 10.4. The number of ether oxygens (including phenoxy) is 1. The Labute approximate surface area is 110 Å². The third-order valence-electron chi connectivity index (χ3n) is 2.71. The first-order chi connectivity index (χ1) is 9.33. The van der Waals surface area contributed by atoms with Crippen LogP contribution in [0.4, 0.5) is 0 Å². The molecule has 0 spiro atoms. The molecule has 3 heterocycles. The lowest BCUT2D eigenvalue weighted by atomic mass is 10.2. The van der Waals surface area contributed by atoms with E-state index in [-0.39, 0.29) is 0 Å². The molecule has 1 N–H and O–H groups in total. The fraction of sp³-hybridized carbons (Fsp3) is 0.0714. The van der Waals surface area contributed by atoms with Crippen LogP contribution in [-0.2, 0) is 0 Å². The number of aryl methyl sites for hydroxylation is 1. The number of pyridine rings is 2. The molecule has 0 atom stereocenters. The second-order valence-corrected chi connectivity index (χ2v) is 4.05. The average Bonchev–Trinajstić information content (AvgIpc) is 2.96. The van der Waals surface area contributed by atoms with E-state index < -0.39 is 0 Å². The highest BCUT2D eigenvalue weighted by Crippen LogP contribution is 2.26. The Morgan fingerprint density at radius 3 is 2.89 bits per heavy atom. The summed E-state index contributed by atoms with van der Waals surface area (Å²) in [5.74, 6) is 1.47. The van der Waals surface area contributed by atoms with Crippen LogP contribution in [0.3, 0.4) is 0 Å². The Morgan fingerprint density at radius 2 is 2.11 bits per heavy atom. The summed E-state index contributed by atoms with van der Waals surface area (Å²) in [6, 6.07) is 7.42. The van der Waals surface area contributed by atoms with Gasteiger partial charge in [-0.25, -0.2) is 0 Å². The molecule has 3 aromatic heterocycles. The summed E-state index contributed by atoms with van der Waals surface area (Å²) in [5.41, 5.74) is 2.59. The first-order valence-corrected chi connectivity index (χ1v) is 5.87. The Bertz CT molecular complexity index is 679. The van der Waals surface area contributed by atoms with E-state index in [0.717, 1.165) is 28.5 Å². The predicted molar refractivity (Wildman–Crippen MR) is 70.9 cm³/mol. The number of rotatable bonds is 3. The van der Waals surface area contributed by atoms with Crippen LogP contribution in [0.5, 0.6) is 11.5 Å². The van der Waals surface area contributed by atoms with Gasteiger partial charge in [0.15, 0.2) is 0 Å². The minimum atomic E-state index is 0.724.